The summed E-state index contributed by atoms with van der Waals surface area (Å²) in [7, 11) is 0. The molecule has 0 spiro atoms. The number of aromatic amines is 1. The summed E-state index contributed by atoms with van der Waals surface area (Å²) in [5.74, 6) is 0. The van der Waals surface area contributed by atoms with Crippen molar-refractivity contribution in [2.45, 2.75) is 12.7 Å². The van der Waals surface area contributed by atoms with E-state index in [1.807, 2.05) is 4.98 Å². The van der Waals surface area contributed by atoms with Gasteiger partial charge in [0, 0.05) is 18.3 Å². The van der Waals surface area contributed by atoms with Gasteiger partial charge in [-0.3, -0.25) is 4.79 Å². The van der Waals surface area contributed by atoms with Crippen LogP contribution < -0.4 is 11.3 Å². The first-order valence-corrected chi connectivity index (χ1v) is 3.44. The van der Waals surface area contributed by atoms with E-state index < -0.39 is 17.3 Å². The maximum Gasteiger partial charge on any atom is 0.418 e. The molecule has 1 aromatic heterocycles. The summed E-state index contributed by atoms with van der Waals surface area (Å²) in [6.07, 6.45) is -4.47. The topological polar surface area (TPSA) is 58.9 Å². The summed E-state index contributed by atoms with van der Waals surface area (Å²) in [4.78, 5) is 12.7. The van der Waals surface area contributed by atoms with Crippen LogP contribution in [-0.2, 0) is 12.7 Å². The molecule has 13 heavy (non-hydrogen) atoms. The van der Waals surface area contributed by atoms with Gasteiger partial charge in [-0.1, -0.05) is 0 Å². The summed E-state index contributed by atoms with van der Waals surface area (Å²) in [5, 5.41) is 0. The second-order valence-corrected chi connectivity index (χ2v) is 2.42. The third-order valence-electron chi connectivity index (χ3n) is 1.51. The van der Waals surface area contributed by atoms with E-state index in [1.54, 1.807) is 0 Å². The predicted molar refractivity (Wildman–Crippen MR) is 40.0 cm³/mol. The van der Waals surface area contributed by atoms with E-state index in [0.717, 1.165) is 12.1 Å². The SMILES string of the molecule is NCc1[nH]c(=O)ccc1C(F)(F)F. The van der Waals surface area contributed by atoms with E-state index in [9.17, 15) is 18.0 Å². The highest BCUT2D eigenvalue weighted by Gasteiger charge is 2.33. The predicted octanol–water partition coefficient (Wildman–Crippen LogP) is 0.852. The number of hydrogen-bond donors (Lipinski definition) is 2. The monoisotopic (exact) mass is 192 g/mol. The first kappa shape index (κ1) is 9.79. The van der Waals surface area contributed by atoms with E-state index in [2.05, 4.69) is 0 Å². The number of alkyl halides is 3. The number of H-pyrrole nitrogens is 1. The zero-order valence-electron chi connectivity index (χ0n) is 6.48. The van der Waals surface area contributed by atoms with Crippen molar-refractivity contribution >= 4 is 0 Å². The average molecular weight is 192 g/mol. The Morgan fingerprint density at radius 2 is 2.00 bits per heavy atom. The molecule has 3 N–H and O–H groups in total. The van der Waals surface area contributed by atoms with Gasteiger partial charge in [0.2, 0.25) is 5.56 Å². The molecule has 0 saturated heterocycles. The molecular weight excluding hydrogens is 185 g/mol. The van der Waals surface area contributed by atoms with Crippen LogP contribution in [0.2, 0.25) is 0 Å². The Kier molecular flexibility index (Phi) is 2.42. The molecule has 3 nitrogen and oxygen atoms in total. The molecule has 0 aliphatic rings. The van der Waals surface area contributed by atoms with Crippen molar-refractivity contribution in [1.29, 1.82) is 0 Å². The van der Waals surface area contributed by atoms with Gasteiger partial charge in [-0.2, -0.15) is 13.2 Å². The van der Waals surface area contributed by atoms with Crippen molar-refractivity contribution in [2.24, 2.45) is 5.73 Å². The Labute approximate surface area is 71.4 Å². The van der Waals surface area contributed by atoms with Crippen LogP contribution in [0.15, 0.2) is 16.9 Å². The quantitative estimate of drug-likeness (QED) is 0.693. The van der Waals surface area contributed by atoms with E-state index in [1.165, 1.54) is 0 Å². The van der Waals surface area contributed by atoms with E-state index in [-0.39, 0.29) is 12.2 Å². The number of nitrogens with one attached hydrogen (secondary N) is 1. The molecule has 0 aliphatic heterocycles. The van der Waals surface area contributed by atoms with Crippen molar-refractivity contribution < 1.29 is 13.2 Å². The largest absolute Gasteiger partial charge is 0.418 e. The lowest BCUT2D eigenvalue weighted by Gasteiger charge is -2.09. The van der Waals surface area contributed by atoms with Crippen molar-refractivity contribution in [1.82, 2.24) is 4.98 Å². The number of pyridine rings is 1. The molecule has 72 valence electrons. The fraction of sp³-hybridized carbons (Fsp3) is 0.286. The van der Waals surface area contributed by atoms with Crippen LogP contribution in [0, 0.1) is 0 Å². The van der Waals surface area contributed by atoms with Gasteiger partial charge in [-0.05, 0) is 6.07 Å². The first-order chi connectivity index (χ1) is 5.95. The summed E-state index contributed by atoms with van der Waals surface area (Å²) in [6.45, 7) is -0.342. The van der Waals surface area contributed by atoms with Crippen LogP contribution in [0.1, 0.15) is 11.3 Å². The lowest BCUT2D eigenvalue weighted by atomic mass is 10.2. The Balaban J connectivity index is 3.30. The minimum Gasteiger partial charge on any atom is -0.325 e. The Hall–Kier alpha value is -1.30. The highest BCUT2D eigenvalue weighted by atomic mass is 19.4. The number of halogens is 3. The third kappa shape index (κ3) is 2.09. The van der Waals surface area contributed by atoms with Crippen LogP contribution >= 0.6 is 0 Å². The third-order valence-corrected chi connectivity index (χ3v) is 1.51. The lowest BCUT2D eigenvalue weighted by Crippen LogP contribution is -2.18. The van der Waals surface area contributed by atoms with Gasteiger partial charge in [0.15, 0.2) is 0 Å². The molecular formula is C7H7F3N2O. The molecule has 1 heterocycles. The van der Waals surface area contributed by atoms with Crippen LogP contribution in [-0.4, -0.2) is 4.98 Å². The number of rotatable bonds is 1. The molecule has 0 amide bonds. The van der Waals surface area contributed by atoms with Crippen molar-refractivity contribution in [3.63, 3.8) is 0 Å². The lowest BCUT2D eigenvalue weighted by molar-refractivity contribution is -0.138. The summed E-state index contributed by atoms with van der Waals surface area (Å²) >= 11 is 0. The van der Waals surface area contributed by atoms with Gasteiger partial charge in [-0.25, -0.2) is 0 Å². The summed E-state index contributed by atoms with van der Waals surface area (Å²) in [6, 6.07) is 1.54. The first-order valence-electron chi connectivity index (χ1n) is 3.44. The summed E-state index contributed by atoms with van der Waals surface area (Å²) < 4.78 is 36.6. The maximum atomic E-state index is 12.2. The number of hydrogen-bond acceptors (Lipinski definition) is 2. The van der Waals surface area contributed by atoms with Gasteiger partial charge in [-0.15, -0.1) is 0 Å². The van der Waals surface area contributed by atoms with Crippen molar-refractivity contribution in [2.75, 3.05) is 0 Å². The highest BCUT2D eigenvalue weighted by Crippen LogP contribution is 2.30. The molecule has 1 rings (SSSR count). The normalized spacial score (nSPS) is 11.7. The van der Waals surface area contributed by atoms with E-state index in [4.69, 9.17) is 5.73 Å². The second-order valence-electron chi connectivity index (χ2n) is 2.42. The second kappa shape index (κ2) is 3.21. The van der Waals surface area contributed by atoms with Gasteiger partial charge in [0.05, 0.1) is 5.56 Å². The highest BCUT2D eigenvalue weighted by molar-refractivity contribution is 5.22. The molecule has 1 aromatic rings. The minimum absolute atomic E-state index is 0.292. The van der Waals surface area contributed by atoms with Gasteiger partial charge in [0.25, 0.3) is 0 Å². The van der Waals surface area contributed by atoms with Gasteiger partial charge >= 0.3 is 6.18 Å². The Bertz CT molecular complexity index is 355. The average Bonchev–Trinajstić information content (AvgIpc) is 2.01. The molecule has 0 fully saturated rings. The van der Waals surface area contributed by atoms with Gasteiger partial charge < -0.3 is 10.7 Å². The molecule has 0 atom stereocenters. The number of nitrogens with two attached hydrogens (primary N) is 1. The standard InChI is InChI=1S/C7H7F3N2O/c8-7(9,10)4-1-2-6(13)12-5(4)3-11/h1-2H,3,11H2,(H,12,13). The maximum absolute atomic E-state index is 12.2. The molecule has 0 unspecified atom stereocenters. The van der Waals surface area contributed by atoms with Crippen LogP contribution in [0.3, 0.4) is 0 Å². The van der Waals surface area contributed by atoms with E-state index >= 15 is 0 Å². The fourth-order valence-corrected chi connectivity index (χ4v) is 0.944. The molecule has 0 aliphatic carbocycles. The van der Waals surface area contributed by atoms with Gasteiger partial charge in [0.1, 0.15) is 0 Å². The van der Waals surface area contributed by atoms with Crippen LogP contribution in [0.25, 0.3) is 0 Å². The van der Waals surface area contributed by atoms with Crippen LogP contribution in [0.4, 0.5) is 13.2 Å². The fourth-order valence-electron chi connectivity index (χ4n) is 0.944. The summed E-state index contributed by atoms with van der Waals surface area (Å²) in [5.41, 5.74) is 3.27. The molecule has 0 aromatic carbocycles. The zero-order valence-corrected chi connectivity index (χ0v) is 6.48. The van der Waals surface area contributed by atoms with Crippen molar-refractivity contribution in [3.05, 3.63) is 33.7 Å². The van der Waals surface area contributed by atoms with Crippen molar-refractivity contribution in [3.8, 4) is 0 Å². The van der Waals surface area contributed by atoms with E-state index in [0.29, 0.717) is 0 Å². The molecule has 6 heteroatoms. The Morgan fingerprint density at radius 3 is 2.46 bits per heavy atom. The smallest absolute Gasteiger partial charge is 0.325 e. The van der Waals surface area contributed by atoms with Crippen LogP contribution in [0.5, 0.6) is 0 Å². The number of aromatic nitrogens is 1. The minimum atomic E-state index is -4.47. The molecule has 0 bridgehead atoms. The zero-order chi connectivity index (χ0) is 10.1. The Morgan fingerprint density at radius 1 is 1.38 bits per heavy atom. The molecule has 0 radical (unpaired) electrons. The molecule has 0 saturated carbocycles.